The van der Waals surface area contributed by atoms with Crippen LogP contribution in [0.4, 0.5) is 0 Å². The van der Waals surface area contributed by atoms with Gasteiger partial charge in [0.25, 0.3) is 0 Å². The highest BCUT2D eigenvalue weighted by Gasteiger charge is 2.30. The summed E-state index contributed by atoms with van der Waals surface area (Å²) in [7, 11) is 0. The lowest BCUT2D eigenvalue weighted by Gasteiger charge is -2.34. The molecule has 2 aromatic rings. The van der Waals surface area contributed by atoms with Gasteiger partial charge in [-0.05, 0) is 37.1 Å². The molecule has 2 amide bonds. The van der Waals surface area contributed by atoms with Crippen molar-refractivity contribution in [3.8, 4) is 0 Å². The Labute approximate surface area is 173 Å². The number of nitrogens with zero attached hydrogens (tertiary/aromatic N) is 4. The summed E-state index contributed by atoms with van der Waals surface area (Å²) in [5.41, 5.74) is 0. The van der Waals surface area contributed by atoms with Crippen molar-refractivity contribution in [1.82, 2.24) is 19.8 Å². The minimum Gasteiger partial charge on any atom is -0.342 e. The third-order valence-corrected chi connectivity index (χ3v) is 7.48. The molecule has 2 aliphatic heterocycles. The number of thiophene rings is 1. The minimum absolute atomic E-state index is 0.0853. The van der Waals surface area contributed by atoms with Gasteiger partial charge in [-0.3, -0.25) is 9.59 Å². The third kappa shape index (κ3) is 4.49. The summed E-state index contributed by atoms with van der Waals surface area (Å²) < 4.78 is 0. The Morgan fingerprint density at radius 2 is 1.79 bits per heavy atom. The zero-order chi connectivity index (χ0) is 19.3. The van der Waals surface area contributed by atoms with E-state index in [-0.39, 0.29) is 11.8 Å². The molecule has 0 saturated carbocycles. The lowest BCUT2D eigenvalue weighted by Crippen LogP contribution is -2.45. The summed E-state index contributed by atoms with van der Waals surface area (Å²) in [4.78, 5) is 38.9. The SMILES string of the molecule is O=C(CSc1ncnc2sccc12)N1CCC(C(=O)N2CCCCCC2)CC1. The maximum atomic E-state index is 12.8. The van der Waals surface area contributed by atoms with E-state index in [1.165, 1.54) is 24.6 Å². The van der Waals surface area contributed by atoms with E-state index < -0.39 is 0 Å². The largest absolute Gasteiger partial charge is 0.342 e. The summed E-state index contributed by atoms with van der Waals surface area (Å²) in [6.07, 6.45) is 7.85. The molecular weight excluding hydrogens is 392 g/mol. The van der Waals surface area contributed by atoms with Gasteiger partial charge in [0.1, 0.15) is 16.2 Å². The van der Waals surface area contributed by atoms with Crippen LogP contribution in [0.3, 0.4) is 0 Å². The molecule has 0 atom stereocenters. The molecule has 0 bridgehead atoms. The summed E-state index contributed by atoms with van der Waals surface area (Å²) in [6.45, 7) is 3.18. The molecule has 4 rings (SSSR count). The second-order valence-electron chi connectivity index (χ2n) is 7.50. The Kier molecular flexibility index (Phi) is 6.47. The van der Waals surface area contributed by atoms with Gasteiger partial charge in [-0.2, -0.15) is 0 Å². The van der Waals surface area contributed by atoms with E-state index in [9.17, 15) is 9.59 Å². The Balaban J connectivity index is 1.27. The Morgan fingerprint density at radius 3 is 2.54 bits per heavy atom. The molecule has 150 valence electrons. The molecule has 2 saturated heterocycles. The normalized spacial score (nSPS) is 19.0. The third-order valence-electron chi connectivity index (χ3n) is 5.67. The number of hydrogen-bond donors (Lipinski definition) is 0. The summed E-state index contributed by atoms with van der Waals surface area (Å²) in [5.74, 6) is 0.908. The highest BCUT2D eigenvalue weighted by Crippen LogP contribution is 2.28. The average molecular weight is 419 g/mol. The Hall–Kier alpha value is -1.67. The van der Waals surface area contributed by atoms with E-state index >= 15 is 0 Å². The van der Waals surface area contributed by atoms with E-state index in [1.54, 1.807) is 17.7 Å². The monoisotopic (exact) mass is 418 g/mol. The molecule has 2 aliphatic rings. The van der Waals surface area contributed by atoms with Crippen LogP contribution >= 0.6 is 23.1 Å². The Morgan fingerprint density at radius 1 is 1.04 bits per heavy atom. The van der Waals surface area contributed by atoms with Crippen LogP contribution in [0.25, 0.3) is 10.2 Å². The van der Waals surface area contributed by atoms with Gasteiger partial charge in [-0.1, -0.05) is 24.6 Å². The van der Waals surface area contributed by atoms with Crippen LogP contribution < -0.4 is 0 Å². The minimum atomic E-state index is 0.0853. The van der Waals surface area contributed by atoms with Gasteiger partial charge in [-0.25, -0.2) is 9.97 Å². The van der Waals surface area contributed by atoms with Crippen molar-refractivity contribution >= 4 is 45.1 Å². The number of aromatic nitrogens is 2. The summed E-state index contributed by atoms with van der Waals surface area (Å²) in [6, 6.07) is 2.01. The quantitative estimate of drug-likeness (QED) is 0.562. The number of carbonyl (C=O) groups is 2. The lowest BCUT2D eigenvalue weighted by atomic mass is 9.95. The first kappa shape index (κ1) is 19.6. The van der Waals surface area contributed by atoms with Crippen molar-refractivity contribution in [2.24, 2.45) is 5.92 Å². The molecule has 28 heavy (non-hydrogen) atoms. The van der Waals surface area contributed by atoms with Crippen molar-refractivity contribution in [2.75, 3.05) is 31.9 Å². The van der Waals surface area contributed by atoms with Crippen molar-refractivity contribution in [3.63, 3.8) is 0 Å². The smallest absolute Gasteiger partial charge is 0.232 e. The number of thioether (sulfide) groups is 1. The molecule has 0 N–H and O–H groups in total. The first-order valence-corrected chi connectivity index (χ1v) is 12.0. The molecule has 8 heteroatoms. The van der Waals surface area contributed by atoms with Crippen LogP contribution in [-0.4, -0.2) is 63.5 Å². The standard InChI is InChI=1S/C20H26N4O2S2/c25-17(13-28-19-16-7-12-27-18(16)21-14-22-19)23-10-5-15(6-11-23)20(26)24-8-3-1-2-4-9-24/h7,12,14-15H,1-6,8-11,13H2. The number of fused-ring (bicyclic) bond motifs is 1. The molecule has 0 unspecified atom stereocenters. The number of carbonyl (C=O) groups excluding carboxylic acids is 2. The van der Waals surface area contributed by atoms with Gasteiger partial charge < -0.3 is 9.80 Å². The fourth-order valence-electron chi connectivity index (χ4n) is 4.03. The number of piperidine rings is 1. The van der Waals surface area contributed by atoms with E-state index in [2.05, 4.69) is 14.9 Å². The van der Waals surface area contributed by atoms with Crippen LogP contribution in [0.15, 0.2) is 22.8 Å². The van der Waals surface area contributed by atoms with Crippen molar-refractivity contribution < 1.29 is 9.59 Å². The maximum absolute atomic E-state index is 12.8. The first-order chi connectivity index (χ1) is 13.7. The highest BCUT2D eigenvalue weighted by atomic mass is 32.2. The van der Waals surface area contributed by atoms with Gasteiger partial charge >= 0.3 is 0 Å². The van der Waals surface area contributed by atoms with Gasteiger partial charge in [0.15, 0.2) is 0 Å². The zero-order valence-corrected chi connectivity index (χ0v) is 17.6. The van der Waals surface area contributed by atoms with Gasteiger partial charge in [0.2, 0.25) is 11.8 Å². The fourth-order valence-corrected chi connectivity index (χ4v) is 5.71. The van der Waals surface area contributed by atoms with Crippen LogP contribution in [-0.2, 0) is 9.59 Å². The van der Waals surface area contributed by atoms with Gasteiger partial charge in [-0.15, -0.1) is 11.3 Å². The molecule has 0 aromatic carbocycles. The summed E-state index contributed by atoms with van der Waals surface area (Å²) in [5, 5.41) is 3.88. The first-order valence-electron chi connectivity index (χ1n) is 10.1. The topological polar surface area (TPSA) is 66.4 Å². The second-order valence-corrected chi connectivity index (χ2v) is 9.36. The molecule has 0 spiro atoms. The van der Waals surface area contributed by atoms with Crippen molar-refractivity contribution in [3.05, 3.63) is 17.8 Å². The maximum Gasteiger partial charge on any atom is 0.232 e. The molecular formula is C20H26N4O2S2. The molecule has 0 radical (unpaired) electrons. The molecule has 4 heterocycles. The van der Waals surface area contributed by atoms with E-state index in [1.807, 2.05) is 16.3 Å². The van der Waals surface area contributed by atoms with E-state index in [0.717, 1.165) is 54.0 Å². The predicted octanol–water partition coefficient (Wildman–Crippen LogP) is 3.42. The number of hydrogen-bond acceptors (Lipinski definition) is 6. The number of rotatable bonds is 4. The molecule has 6 nitrogen and oxygen atoms in total. The van der Waals surface area contributed by atoms with E-state index in [4.69, 9.17) is 0 Å². The summed E-state index contributed by atoms with van der Waals surface area (Å²) >= 11 is 3.06. The van der Waals surface area contributed by atoms with Crippen LogP contribution in [0.1, 0.15) is 38.5 Å². The fraction of sp³-hybridized carbons (Fsp3) is 0.600. The van der Waals surface area contributed by atoms with Crippen LogP contribution in [0.2, 0.25) is 0 Å². The second kappa shape index (κ2) is 9.22. The Bertz CT molecular complexity index is 824. The van der Waals surface area contributed by atoms with Crippen molar-refractivity contribution in [1.29, 1.82) is 0 Å². The number of amides is 2. The zero-order valence-electron chi connectivity index (χ0n) is 16.0. The van der Waals surface area contributed by atoms with Crippen LogP contribution in [0, 0.1) is 5.92 Å². The molecule has 0 aliphatic carbocycles. The highest BCUT2D eigenvalue weighted by molar-refractivity contribution is 8.00. The lowest BCUT2D eigenvalue weighted by molar-refractivity contribution is -0.139. The molecule has 2 aromatic heterocycles. The van der Waals surface area contributed by atoms with Crippen LogP contribution in [0.5, 0.6) is 0 Å². The van der Waals surface area contributed by atoms with Gasteiger partial charge in [0.05, 0.1) is 5.75 Å². The molecule has 2 fully saturated rings. The number of likely N-dealkylation sites (tertiary alicyclic amines) is 2. The van der Waals surface area contributed by atoms with E-state index in [0.29, 0.717) is 24.7 Å². The average Bonchev–Trinajstić information content (AvgIpc) is 3.06. The van der Waals surface area contributed by atoms with Crippen molar-refractivity contribution in [2.45, 2.75) is 43.6 Å². The predicted molar refractivity (Wildman–Crippen MR) is 112 cm³/mol. The van der Waals surface area contributed by atoms with Gasteiger partial charge in [0, 0.05) is 37.5 Å².